The first-order chi connectivity index (χ1) is 20.6. The SMILES string of the molecule is CCCCCCCCCN(C)CCOCc1cccc(-c2cccc(COCCN(C)CCCCCCCCC)c2)c1. The largest absolute Gasteiger partial charge is 0.375 e. The lowest BCUT2D eigenvalue weighted by atomic mass is 10.0. The van der Waals surface area contributed by atoms with Crippen molar-refractivity contribution >= 4 is 0 Å². The van der Waals surface area contributed by atoms with Gasteiger partial charge in [-0.05, 0) is 74.4 Å². The van der Waals surface area contributed by atoms with E-state index in [0.29, 0.717) is 13.2 Å². The van der Waals surface area contributed by atoms with Crippen LogP contribution in [0.1, 0.15) is 115 Å². The summed E-state index contributed by atoms with van der Waals surface area (Å²) in [5.41, 5.74) is 4.94. The quantitative estimate of drug-likeness (QED) is 0.0982. The van der Waals surface area contributed by atoms with E-state index < -0.39 is 0 Å². The van der Waals surface area contributed by atoms with Crippen molar-refractivity contribution in [3.63, 3.8) is 0 Å². The van der Waals surface area contributed by atoms with Gasteiger partial charge in [-0.3, -0.25) is 0 Å². The van der Waals surface area contributed by atoms with Crippen molar-refractivity contribution in [1.82, 2.24) is 9.80 Å². The summed E-state index contributed by atoms with van der Waals surface area (Å²) in [6.45, 7) is 11.8. The summed E-state index contributed by atoms with van der Waals surface area (Å²) in [5, 5.41) is 0. The molecule has 4 heteroatoms. The standard InChI is InChI=1S/C38H64N2O2/c1-5-7-9-11-13-15-17-25-39(3)27-29-41-33-35-21-19-23-37(31-35)38-24-20-22-36(32-38)34-42-30-28-40(4)26-18-16-14-12-10-8-6-2/h19-24,31-32H,5-18,25-30,33-34H2,1-4H3. The summed E-state index contributed by atoms with van der Waals surface area (Å²) in [6, 6.07) is 17.5. The predicted molar refractivity (Wildman–Crippen MR) is 182 cm³/mol. The fourth-order valence-corrected chi connectivity index (χ4v) is 5.40. The summed E-state index contributed by atoms with van der Waals surface area (Å²) in [7, 11) is 4.43. The highest BCUT2D eigenvalue weighted by Gasteiger charge is 2.04. The Morgan fingerprint density at radius 3 is 1.26 bits per heavy atom. The van der Waals surface area contributed by atoms with Gasteiger partial charge in [-0.15, -0.1) is 0 Å². The molecule has 2 rings (SSSR count). The van der Waals surface area contributed by atoms with Crippen molar-refractivity contribution < 1.29 is 9.47 Å². The first-order valence-electron chi connectivity index (χ1n) is 17.3. The van der Waals surface area contributed by atoms with Gasteiger partial charge in [-0.1, -0.05) is 127 Å². The van der Waals surface area contributed by atoms with Crippen LogP contribution in [-0.4, -0.2) is 63.3 Å². The monoisotopic (exact) mass is 580 g/mol. The average Bonchev–Trinajstić information content (AvgIpc) is 3.01. The molecule has 0 N–H and O–H groups in total. The summed E-state index contributed by atoms with van der Waals surface area (Å²) in [6.07, 6.45) is 19.1. The molecule has 0 atom stereocenters. The second-order valence-electron chi connectivity index (χ2n) is 12.4. The van der Waals surface area contributed by atoms with Crippen LogP contribution in [0.25, 0.3) is 11.1 Å². The van der Waals surface area contributed by atoms with E-state index in [1.807, 2.05) is 0 Å². The Morgan fingerprint density at radius 1 is 0.476 bits per heavy atom. The number of ether oxygens (including phenoxy) is 2. The van der Waals surface area contributed by atoms with Crippen LogP contribution in [-0.2, 0) is 22.7 Å². The number of hydrogen-bond acceptors (Lipinski definition) is 4. The number of benzene rings is 2. The Labute approximate surface area is 260 Å². The Kier molecular flexibility index (Phi) is 21.4. The van der Waals surface area contributed by atoms with E-state index in [0.717, 1.165) is 26.3 Å². The molecule has 0 heterocycles. The third-order valence-corrected chi connectivity index (χ3v) is 8.25. The predicted octanol–water partition coefficient (Wildman–Crippen LogP) is 9.75. The van der Waals surface area contributed by atoms with Gasteiger partial charge in [0.2, 0.25) is 0 Å². The van der Waals surface area contributed by atoms with Crippen LogP contribution in [0, 0.1) is 0 Å². The van der Waals surface area contributed by atoms with Crippen LogP contribution in [0.15, 0.2) is 48.5 Å². The highest BCUT2D eigenvalue weighted by atomic mass is 16.5. The second kappa shape index (κ2) is 24.7. The van der Waals surface area contributed by atoms with Crippen molar-refractivity contribution in [2.75, 3.05) is 53.5 Å². The van der Waals surface area contributed by atoms with Gasteiger partial charge in [0.05, 0.1) is 26.4 Å². The first-order valence-corrected chi connectivity index (χ1v) is 17.3. The minimum absolute atomic E-state index is 0.661. The average molecular weight is 581 g/mol. The molecule has 0 radical (unpaired) electrons. The van der Waals surface area contributed by atoms with Gasteiger partial charge in [0, 0.05) is 13.1 Å². The summed E-state index contributed by atoms with van der Waals surface area (Å²) in [4.78, 5) is 4.81. The van der Waals surface area contributed by atoms with Crippen LogP contribution in [0.3, 0.4) is 0 Å². The maximum Gasteiger partial charge on any atom is 0.0717 e. The van der Waals surface area contributed by atoms with Crippen LogP contribution in [0.2, 0.25) is 0 Å². The number of unbranched alkanes of at least 4 members (excludes halogenated alkanes) is 12. The van der Waals surface area contributed by atoms with Gasteiger partial charge >= 0.3 is 0 Å². The van der Waals surface area contributed by atoms with Crippen LogP contribution in [0.5, 0.6) is 0 Å². The van der Waals surface area contributed by atoms with Gasteiger partial charge in [-0.2, -0.15) is 0 Å². The van der Waals surface area contributed by atoms with E-state index >= 15 is 0 Å². The lowest BCUT2D eigenvalue weighted by Crippen LogP contribution is -2.24. The Bertz CT molecular complexity index is 829. The number of likely N-dealkylation sites (N-methyl/N-ethyl adjacent to an activating group) is 2. The lowest BCUT2D eigenvalue weighted by molar-refractivity contribution is 0.0991. The minimum atomic E-state index is 0.661. The van der Waals surface area contributed by atoms with E-state index in [9.17, 15) is 0 Å². The number of hydrogen-bond donors (Lipinski definition) is 0. The molecule has 42 heavy (non-hydrogen) atoms. The van der Waals surface area contributed by atoms with E-state index in [2.05, 4.69) is 86.3 Å². The van der Waals surface area contributed by atoms with Gasteiger partial charge in [0.1, 0.15) is 0 Å². The summed E-state index contributed by atoms with van der Waals surface area (Å²) >= 11 is 0. The number of rotatable bonds is 27. The molecule has 0 saturated carbocycles. The van der Waals surface area contributed by atoms with Gasteiger partial charge in [0.15, 0.2) is 0 Å². The van der Waals surface area contributed by atoms with Crippen molar-refractivity contribution in [3.05, 3.63) is 59.7 Å². The van der Waals surface area contributed by atoms with Crippen molar-refractivity contribution in [3.8, 4) is 11.1 Å². The molecule has 0 aromatic heterocycles. The van der Waals surface area contributed by atoms with Gasteiger partial charge in [-0.25, -0.2) is 0 Å². The molecule has 0 bridgehead atoms. The fraction of sp³-hybridized carbons (Fsp3) is 0.684. The van der Waals surface area contributed by atoms with Crippen molar-refractivity contribution in [2.24, 2.45) is 0 Å². The Morgan fingerprint density at radius 2 is 0.857 bits per heavy atom. The maximum absolute atomic E-state index is 6.05. The molecule has 2 aromatic carbocycles. The molecule has 0 amide bonds. The van der Waals surface area contributed by atoms with E-state index in [-0.39, 0.29) is 0 Å². The zero-order valence-corrected chi connectivity index (χ0v) is 27.9. The summed E-state index contributed by atoms with van der Waals surface area (Å²) in [5.74, 6) is 0. The van der Waals surface area contributed by atoms with Crippen LogP contribution in [0.4, 0.5) is 0 Å². The molecule has 0 saturated heterocycles. The van der Waals surface area contributed by atoms with Gasteiger partial charge in [0.25, 0.3) is 0 Å². The smallest absolute Gasteiger partial charge is 0.0717 e. The molecule has 4 nitrogen and oxygen atoms in total. The van der Waals surface area contributed by atoms with Crippen LogP contribution >= 0.6 is 0 Å². The minimum Gasteiger partial charge on any atom is -0.375 e. The topological polar surface area (TPSA) is 24.9 Å². The molecule has 0 aliphatic carbocycles. The normalized spacial score (nSPS) is 11.7. The zero-order chi connectivity index (χ0) is 30.1. The van der Waals surface area contributed by atoms with Crippen molar-refractivity contribution in [1.29, 1.82) is 0 Å². The highest BCUT2D eigenvalue weighted by molar-refractivity contribution is 5.64. The Balaban J connectivity index is 1.61. The molecule has 0 unspecified atom stereocenters. The lowest BCUT2D eigenvalue weighted by Gasteiger charge is -2.17. The van der Waals surface area contributed by atoms with E-state index in [4.69, 9.17) is 9.47 Å². The molecule has 238 valence electrons. The third kappa shape index (κ3) is 18.1. The molecule has 2 aromatic rings. The number of nitrogens with zero attached hydrogens (tertiary/aromatic N) is 2. The molecule has 0 fully saturated rings. The first kappa shape index (κ1) is 36.5. The fourth-order valence-electron chi connectivity index (χ4n) is 5.40. The highest BCUT2D eigenvalue weighted by Crippen LogP contribution is 2.22. The zero-order valence-electron chi connectivity index (χ0n) is 27.9. The summed E-state index contributed by atoms with van der Waals surface area (Å²) < 4.78 is 12.1. The molecule has 0 spiro atoms. The van der Waals surface area contributed by atoms with Crippen LogP contribution < -0.4 is 0 Å². The Hall–Kier alpha value is -1.72. The maximum atomic E-state index is 6.05. The molecular formula is C38H64N2O2. The molecular weight excluding hydrogens is 516 g/mol. The van der Waals surface area contributed by atoms with Gasteiger partial charge < -0.3 is 19.3 Å². The molecule has 0 aliphatic rings. The third-order valence-electron chi connectivity index (χ3n) is 8.25. The van der Waals surface area contributed by atoms with Crippen molar-refractivity contribution in [2.45, 2.75) is 117 Å². The second-order valence-corrected chi connectivity index (χ2v) is 12.4. The van der Waals surface area contributed by atoms with E-state index in [1.54, 1.807) is 0 Å². The van der Waals surface area contributed by atoms with E-state index in [1.165, 1.54) is 125 Å². The molecule has 0 aliphatic heterocycles.